The summed E-state index contributed by atoms with van der Waals surface area (Å²) in [6.45, 7) is 12.5. The van der Waals surface area contributed by atoms with Crippen LogP contribution >= 0.6 is 0 Å². The van der Waals surface area contributed by atoms with Crippen LogP contribution < -0.4 is 0 Å². The molecular formula is C17H26O7. The van der Waals surface area contributed by atoms with E-state index in [-0.39, 0.29) is 6.10 Å². The summed E-state index contributed by atoms with van der Waals surface area (Å²) in [6.07, 6.45) is -2.92. The van der Waals surface area contributed by atoms with E-state index in [1.165, 1.54) is 0 Å². The highest BCUT2D eigenvalue weighted by Crippen LogP contribution is 2.46. The number of hydrogen-bond donors (Lipinski definition) is 0. The second-order valence-corrected chi connectivity index (χ2v) is 7.48. The number of ether oxygens (including phenoxy) is 6. The van der Waals surface area contributed by atoms with Crippen molar-refractivity contribution in [3.8, 4) is 0 Å². The monoisotopic (exact) mass is 342 g/mol. The smallest absolute Gasteiger partial charge is 0.333 e. The zero-order valence-corrected chi connectivity index (χ0v) is 15.0. The second-order valence-electron chi connectivity index (χ2n) is 7.48. The zero-order chi connectivity index (χ0) is 17.9. The molecule has 24 heavy (non-hydrogen) atoms. The maximum absolute atomic E-state index is 12.1. The van der Waals surface area contributed by atoms with Crippen LogP contribution in [0.15, 0.2) is 12.2 Å². The highest BCUT2D eigenvalue weighted by molar-refractivity contribution is 5.87. The van der Waals surface area contributed by atoms with Crippen LogP contribution in [0, 0.1) is 0 Å². The van der Waals surface area contributed by atoms with Gasteiger partial charge in [-0.3, -0.25) is 0 Å². The molecule has 7 nitrogen and oxygen atoms in total. The summed E-state index contributed by atoms with van der Waals surface area (Å²) in [6, 6.07) is 0. The van der Waals surface area contributed by atoms with Gasteiger partial charge in [-0.2, -0.15) is 0 Å². The first-order valence-corrected chi connectivity index (χ1v) is 8.15. The quantitative estimate of drug-likeness (QED) is 0.569. The van der Waals surface area contributed by atoms with Crippen molar-refractivity contribution in [2.24, 2.45) is 0 Å². The molecular weight excluding hydrogens is 316 g/mol. The Morgan fingerprint density at radius 3 is 1.71 bits per heavy atom. The summed E-state index contributed by atoms with van der Waals surface area (Å²) in [5, 5.41) is 0. The Balaban J connectivity index is 1.95. The predicted molar refractivity (Wildman–Crippen MR) is 83.1 cm³/mol. The van der Waals surface area contributed by atoms with E-state index in [4.69, 9.17) is 28.4 Å². The van der Waals surface area contributed by atoms with E-state index in [1.807, 2.05) is 27.7 Å². The van der Waals surface area contributed by atoms with Crippen molar-refractivity contribution >= 4 is 5.97 Å². The maximum Gasteiger partial charge on any atom is 0.333 e. The van der Waals surface area contributed by atoms with Crippen LogP contribution in [-0.2, 0) is 33.2 Å². The van der Waals surface area contributed by atoms with Gasteiger partial charge in [-0.15, -0.1) is 0 Å². The molecule has 0 aromatic carbocycles. The van der Waals surface area contributed by atoms with E-state index >= 15 is 0 Å². The molecule has 6 unspecified atom stereocenters. The number of carbonyl (C=O) groups is 1. The zero-order valence-electron chi connectivity index (χ0n) is 15.0. The van der Waals surface area contributed by atoms with Crippen LogP contribution in [0.5, 0.6) is 0 Å². The van der Waals surface area contributed by atoms with Crippen molar-refractivity contribution in [1.29, 1.82) is 0 Å². The van der Waals surface area contributed by atoms with Crippen LogP contribution in [0.3, 0.4) is 0 Å². The van der Waals surface area contributed by atoms with E-state index < -0.39 is 48.1 Å². The third kappa shape index (κ3) is 2.99. The minimum atomic E-state index is -0.813. The molecule has 7 heteroatoms. The van der Waals surface area contributed by atoms with Gasteiger partial charge in [0, 0.05) is 12.7 Å². The van der Waals surface area contributed by atoms with Crippen LogP contribution in [-0.4, -0.2) is 61.3 Å². The average molecular weight is 342 g/mol. The molecule has 0 spiro atoms. The molecule has 6 atom stereocenters. The van der Waals surface area contributed by atoms with Gasteiger partial charge < -0.3 is 28.4 Å². The average Bonchev–Trinajstić information content (AvgIpc) is 2.94. The summed E-state index contributed by atoms with van der Waals surface area (Å²) >= 11 is 0. The first-order chi connectivity index (χ1) is 11.0. The molecule has 0 amide bonds. The van der Waals surface area contributed by atoms with E-state index in [2.05, 4.69) is 6.58 Å². The SMILES string of the molecule is C=C(C)C(=O)OC1C(OC)C2OC(C)(C)OC2C2OC(C)(C)OC12. The van der Waals surface area contributed by atoms with Gasteiger partial charge in [0.15, 0.2) is 17.7 Å². The largest absolute Gasteiger partial charge is 0.453 e. The number of esters is 1. The third-order valence-electron chi connectivity index (χ3n) is 4.49. The molecule has 2 heterocycles. The van der Waals surface area contributed by atoms with Crippen molar-refractivity contribution in [1.82, 2.24) is 0 Å². The molecule has 3 rings (SSSR count). The normalized spacial score (nSPS) is 42.2. The molecule has 0 aromatic rings. The van der Waals surface area contributed by atoms with Gasteiger partial charge in [-0.1, -0.05) is 6.58 Å². The molecule has 0 N–H and O–H groups in total. The van der Waals surface area contributed by atoms with Gasteiger partial charge in [-0.05, 0) is 34.6 Å². The summed E-state index contributed by atoms with van der Waals surface area (Å²) in [5.74, 6) is -2.09. The highest BCUT2D eigenvalue weighted by atomic mass is 16.8. The van der Waals surface area contributed by atoms with Crippen molar-refractivity contribution in [3.63, 3.8) is 0 Å². The molecule has 3 aliphatic rings. The van der Waals surface area contributed by atoms with Gasteiger partial charge in [0.25, 0.3) is 0 Å². The van der Waals surface area contributed by atoms with Crippen molar-refractivity contribution in [2.75, 3.05) is 7.11 Å². The first kappa shape index (κ1) is 17.8. The molecule has 2 aliphatic heterocycles. The van der Waals surface area contributed by atoms with E-state index in [0.717, 1.165) is 0 Å². The van der Waals surface area contributed by atoms with E-state index in [9.17, 15) is 4.79 Å². The number of methoxy groups -OCH3 is 1. The lowest BCUT2D eigenvalue weighted by Crippen LogP contribution is -2.63. The lowest BCUT2D eigenvalue weighted by Gasteiger charge is -2.41. The standard InChI is InChI=1S/C17H26O7/c1-8(2)15(18)20-10-9(19-7)11-13(23-16(3,4)21-11)14-12(10)22-17(5,6)24-14/h9-14H,1H2,2-7H3. The van der Waals surface area contributed by atoms with Crippen LogP contribution in [0.2, 0.25) is 0 Å². The maximum atomic E-state index is 12.1. The van der Waals surface area contributed by atoms with Gasteiger partial charge in [-0.25, -0.2) is 4.79 Å². The fourth-order valence-corrected chi connectivity index (χ4v) is 3.65. The van der Waals surface area contributed by atoms with Gasteiger partial charge in [0.05, 0.1) is 0 Å². The summed E-state index contributed by atoms with van der Waals surface area (Å²) in [4.78, 5) is 12.1. The predicted octanol–water partition coefficient (Wildman–Crippen LogP) is 1.54. The molecule has 0 bridgehead atoms. The summed E-state index contributed by atoms with van der Waals surface area (Å²) < 4.78 is 35.3. The Hall–Kier alpha value is -0.990. The summed E-state index contributed by atoms with van der Waals surface area (Å²) in [7, 11) is 1.55. The Labute approximate surface area is 142 Å². The minimum absolute atomic E-state index is 0.311. The Morgan fingerprint density at radius 2 is 1.29 bits per heavy atom. The Kier molecular flexibility index (Phi) is 4.29. The fourth-order valence-electron chi connectivity index (χ4n) is 3.65. The lowest BCUT2D eigenvalue weighted by molar-refractivity contribution is -0.201. The molecule has 1 saturated carbocycles. The molecule has 1 aliphatic carbocycles. The van der Waals surface area contributed by atoms with E-state index in [0.29, 0.717) is 5.57 Å². The topological polar surface area (TPSA) is 72.5 Å². The first-order valence-electron chi connectivity index (χ1n) is 8.15. The van der Waals surface area contributed by atoms with Crippen LogP contribution in [0.4, 0.5) is 0 Å². The lowest BCUT2D eigenvalue weighted by atomic mass is 9.84. The number of hydrogen-bond acceptors (Lipinski definition) is 7. The van der Waals surface area contributed by atoms with E-state index in [1.54, 1.807) is 14.0 Å². The minimum Gasteiger partial charge on any atom is -0.453 e. The molecule has 0 aromatic heterocycles. The molecule has 3 fully saturated rings. The molecule has 136 valence electrons. The van der Waals surface area contributed by atoms with Crippen molar-refractivity contribution < 1.29 is 33.2 Å². The Morgan fingerprint density at radius 1 is 0.875 bits per heavy atom. The van der Waals surface area contributed by atoms with Crippen LogP contribution in [0.1, 0.15) is 34.6 Å². The highest BCUT2D eigenvalue weighted by Gasteiger charge is 2.65. The Bertz CT molecular complexity index is 541. The van der Waals surface area contributed by atoms with Gasteiger partial charge >= 0.3 is 5.97 Å². The third-order valence-corrected chi connectivity index (χ3v) is 4.49. The van der Waals surface area contributed by atoms with Crippen molar-refractivity contribution in [3.05, 3.63) is 12.2 Å². The number of fused-ring (bicyclic) bond motifs is 3. The summed E-state index contributed by atoms with van der Waals surface area (Å²) in [5.41, 5.74) is 0.311. The number of carbonyl (C=O) groups excluding carboxylic acids is 1. The molecule has 0 radical (unpaired) electrons. The van der Waals surface area contributed by atoms with Crippen molar-refractivity contribution in [2.45, 2.75) is 82.8 Å². The second kappa shape index (κ2) is 5.78. The molecule has 2 saturated heterocycles. The number of rotatable bonds is 3. The van der Waals surface area contributed by atoms with Crippen LogP contribution in [0.25, 0.3) is 0 Å². The van der Waals surface area contributed by atoms with Gasteiger partial charge in [0.1, 0.15) is 30.5 Å². The fraction of sp³-hybridized carbons (Fsp3) is 0.824. The van der Waals surface area contributed by atoms with Gasteiger partial charge in [0.2, 0.25) is 0 Å².